The molecule has 1 amide bonds. The molecule has 1 aromatic carbocycles. The van der Waals surface area contributed by atoms with Crippen LogP contribution in [0.15, 0.2) is 53.1 Å². The number of rotatable bonds is 5. The molecule has 1 aliphatic carbocycles. The molecule has 15 heteroatoms. The van der Waals surface area contributed by atoms with Gasteiger partial charge in [0, 0.05) is 72.0 Å². The van der Waals surface area contributed by atoms with E-state index in [9.17, 15) is 31.5 Å². The average molecular weight is 663 g/mol. The van der Waals surface area contributed by atoms with E-state index >= 15 is 0 Å². The highest BCUT2D eigenvalue weighted by Crippen LogP contribution is 2.49. The Kier molecular flexibility index (Phi) is 8.32. The summed E-state index contributed by atoms with van der Waals surface area (Å²) in [4.78, 5) is 42.3. The van der Waals surface area contributed by atoms with Gasteiger partial charge in [-0.2, -0.15) is 18.2 Å². The van der Waals surface area contributed by atoms with E-state index in [4.69, 9.17) is 4.74 Å². The molecule has 0 radical (unpaired) electrons. The molecule has 4 heterocycles. The van der Waals surface area contributed by atoms with Gasteiger partial charge in [0.15, 0.2) is 0 Å². The molecule has 1 saturated heterocycles. The number of alkyl halides is 5. The van der Waals surface area contributed by atoms with Gasteiger partial charge in [-0.1, -0.05) is 12.7 Å². The van der Waals surface area contributed by atoms with Crippen LogP contribution in [0.3, 0.4) is 0 Å². The lowest BCUT2D eigenvalue weighted by molar-refractivity contribution is -0.138. The molecule has 2 aromatic heterocycles. The molecule has 0 N–H and O–H groups in total. The van der Waals surface area contributed by atoms with Crippen molar-refractivity contribution in [1.29, 1.82) is 0 Å². The van der Waals surface area contributed by atoms with E-state index in [2.05, 4.69) is 21.5 Å². The molecular weight excluding hydrogens is 631 g/mol. The maximum atomic E-state index is 15.0. The summed E-state index contributed by atoms with van der Waals surface area (Å²) in [5.41, 5.74) is -1.49. The van der Waals surface area contributed by atoms with Crippen molar-refractivity contribution < 1.29 is 31.5 Å². The second-order valence-corrected chi connectivity index (χ2v) is 12.8. The van der Waals surface area contributed by atoms with Crippen molar-refractivity contribution in [1.82, 2.24) is 24.4 Å². The number of thioether (sulfide) groups is 1. The third-order valence-corrected chi connectivity index (χ3v) is 9.73. The van der Waals surface area contributed by atoms with E-state index in [1.54, 1.807) is 9.80 Å². The molecule has 0 bridgehead atoms. The number of anilines is 1. The fourth-order valence-electron chi connectivity index (χ4n) is 6.56. The second kappa shape index (κ2) is 12.0. The van der Waals surface area contributed by atoms with E-state index in [1.165, 1.54) is 35.3 Å². The molecular formula is C31H31F5N6O3S. The number of hydrogen-bond acceptors (Lipinski definition) is 8. The first-order valence-electron chi connectivity index (χ1n) is 14.8. The zero-order valence-corrected chi connectivity index (χ0v) is 25.9. The van der Waals surface area contributed by atoms with Crippen LogP contribution >= 0.6 is 11.8 Å². The monoisotopic (exact) mass is 662 g/mol. The van der Waals surface area contributed by atoms with Crippen LogP contribution in [0.2, 0.25) is 0 Å². The van der Waals surface area contributed by atoms with Gasteiger partial charge in [0.05, 0.1) is 23.8 Å². The van der Waals surface area contributed by atoms with Gasteiger partial charge in [0.2, 0.25) is 11.8 Å². The molecule has 3 aromatic rings. The molecule has 0 unspecified atom stereocenters. The highest BCUT2D eigenvalue weighted by atomic mass is 32.2. The van der Waals surface area contributed by atoms with Crippen LogP contribution in [0.25, 0.3) is 16.5 Å². The molecule has 0 spiro atoms. The number of allylic oxidation sites excluding steroid dienone is 2. The largest absolute Gasteiger partial charge is 0.470 e. The summed E-state index contributed by atoms with van der Waals surface area (Å²) in [7, 11) is 0. The maximum absolute atomic E-state index is 15.0. The number of ether oxygens (including phenoxy) is 1. The first-order chi connectivity index (χ1) is 21.8. The van der Waals surface area contributed by atoms with E-state index in [0.29, 0.717) is 0 Å². The van der Waals surface area contributed by atoms with Crippen molar-refractivity contribution >= 4 is 40.0 Å². The predicted octanol–water partition coefficient (Wildman–Crippen LogP) is 5.57. The van der Waals surface area contributed by atoms with Crippen LogP contribution < -0.4 is 15.3 Å². The lowest BCUT2D eigenvalue weighted by Gasteiger charge is -2.44. The summed E-state index contributed by atoms with van der Waals surface area (Å²) in [6.07, 6.45) is -0.415. The highest BCUT2D eigenvalue weighted by Gasteiger charge is 2.42. The van der Waals surface area contributed by atoms with Crippen LogP contribution in [0.4, 0.5) is 27.8 Å². The standard InChI is InChI=1S/C31H31F5N6O3S/c1-4-24(43)42-17(2)13-40(14-18(42)3)28-21-11-22(31(34,35)36)25(19-5-7-30(32,33)8-6-19)27-26(21)41(29(44)39-28)15-20(16-46-27)45-23-12-37-9-10-38-23/h4-5,9-12,17-18,20H,1,6-8,13-16H2,2-3H3/t17-,18+,20-/m0/s1. The van der Waals surface area contributed by atoms with Gasteiger partial charge in [-0.15, -0.1) is 11.8 Å². The van der Waals surface area contributed by atoms with Crippen LogP contribution in [0.5, 0.6) is 5.88 Å². The van der Waals surface area contributed by atoms with Gasteiger partial charge in [0.1, 0.15) is 11.9 Å². The lowest BCUT2D eigenvalue weighted by atomic mass is 9.87. The van der Waals surface area contributed by atoms with E-state index in [-0.39, 0.29) is 88.4 Å². The quantitative estimate of drug-likeness (QED) is 0.259. The number of carbonyl (C=O) groups excluding carboxylic acids is 1. The third-order valence-electron chi connectivity index (χ3n) is 8.51. The smallest absolute Gasteiger partial charge is 0.417 e. The predicted molar refractivity (Wildman–Crippen MR) is 163 cm³/mol. The molecule has 46 heavy (non-hydrogen) atoms. The topological polar surface area (TPSA) is 93.5 Å². The van der Waals surface area contributed by atoms with Crippen LogP contribution in [0, 0.1) is 0 Å². The van der Waals surface area contributed by atoms with Gasteiger partial charge in [-0.05, 0) is 38.0 Å². The van der Waals surface area contributed by atoms with E-state index < -0.39 is 42.3 Å². The van der Waals surface area contributed by atoms with E-state index in [0.717, 1.165) is 17.8 Å². The first kappa shape index (κ1) is 32.0. The van der Waals surface area contributed by atoms with Gasteiger partial charge in [-0.25, -0.2) is 18.6 Å². The number of carbonyl (C=O) groups is 1. The Morgan fingerprint density at radius 1 is 1.17 bits per heavy atom. The van der Waals surface area contributed by atoms with Gasteiger partial charge >= 0.3 is 11.9 Å². The number of nitrogens with zero attached hydrogens (tertiary/aromatic N) is 6. The fraction of sp³-hybridized carbons (Fsp3) is 0.452. The minimum atomic E-state index is -4.85. The highest BCUT2D eigenvalue weighted by molar-refractivity contribution is 7.99. The molecule has 1 fully saturated rings. The van der Waals surface area contributed by atoms with Crippen molar-refractivity contribution in [3.8, 4) is 5.88 Å². The van der Waals surface area contributed by atoms with Crippen molar-refractivity contribution in [3.05, 3.63) is 65.0 Å². The van der Waals surface area contributed by atoms with Gasteiger partial charge < -0.3 is 14.5 Å². The molecule has 244 valence electrons. The summed E-state index contributed by atoms with van der Waals surface area (Å²) in [5.74, 6) is -2.91. The zero-order chi connectivity index (χ0) is 33.0. The normalized spacial score (nSPS) is 23.1. The van der Waals surface area contributed by atoms with Gasteiger partial charge in [0.25, 0.3) is 5.92 Å². The summed E-state index contributed by atoms with van der Waals surface area (Å²) < 4.78 is 80.5. The minimum absolute atomic E-state index is 0.0461. The number of hydrogen-bond donors (Lipinski definition) is 0. The number of piperazine rings is 1. The Hall–Kier alpha value is -4.01. The van der Waals surface area contributed by atoms with Crippen LogP contribution in [-0.2, 0) is 17.5 Å². The Labute approximate surface area is 265 Å². The van der Waals surface area contributed by atoms with Crippen LogP contribution in [0.1, 0.15) is 44.2 Å². The Bertz CT molecular complexity index is 1770. The Morgan fingerprint density at radius 3 is 2.52 bits per heavy atom. The van der Waals surface area contributed by atoms with Gasteiger partial charge in [-0.3, -0.25) is 14.3 Å². The van der Waals surface area contributed by atoms with Crippen molar-refractivity contribution in [2.45, 2.75) is 74.8 Å². The van der Waals surface area contributed by atoms with Crippen molar-refractivity contribution in [3.63, 3.8) is 0 Å². The molecule has 0 saturated carbocycles. The number of halogens is 5. The second-order valence-electron chi connectivity index (χ2n) is 11.8. The SMILES string of the molecule is C=CC(=O)N1[C@H](C)CN(c2nc(=O)n3c4c(c(C5=CCC(F)(F)CC5)c(C(F)(F)F)cc24)SC[C@@H](Oc2cnccn2)C3)C[C@@H]1C. The summed E-state index contributed by atoms with van der Waals surface area (Å²) >= 11 is 1.08. The Morgan fingerprint density at radius 2 is 1.91 bits per heavy atom. The molecule has 6 rings (SSSR count). The zero-order valence-electron chi connectivity index (χ0n) is 25.1. The third kappa shape index (κ3) is 5.96. The molecule has 3 aliphatic rings. The molecule has 2 aliphatic heterocycles. The number of benzene rings is 1. The maximum Gasteiger partial charge on any atom is 0.417 e. The molecule has 9 nitrogen and oxygen atoms in total. The minimum Gasteiger partial charge on any atom is -0.470 e. The lowest BCUT2D eigenvalue weighted by Crippen LogP contribution is -2.58. The average Bonchev–Trinajstić information content (AvgIpc) is 3.19. The van der Waals surface area contributed by atoms with Crippen molar-refractivity contribution in [2.75, 3.05) is 23.7 Å². The summed E-state index contributed by atoms with van der Waals surface area (Å²) in [5, 5.41) is 0.1000. The van der Waals surface area contributed by atoms with Crippen LogP contribution in [-0.4, -0.2) is 73.3 Å². The summed E-state index contributed by atoms with van der Waals surface area (Å²) in [6, 6.07) is 0.262. The van der Waals surface area contributed by atoms with Crippen molar-refractivity contribution in [2.24, 2.45) is 0 Å². The Balaban J connectivity index is 1.57. The fourth-order valence-corrected chi connectivity index (χ4v) is 7.83. The number of amides is 1. The number of aromatic nitrogens is 4. The first-order valence-corrected chi connectivity index (χ1v) is 15.8. The molecule has 3 atom stereocenters. The summed E-state index contributed by atoms with van der Waals surface area (Å²) in [6.45, 7) is 7.55. The van der Waals surface area contributed by atoms with E-state index in [1.807, 2.05) is 13.8 Å².